The van der Waals surface area contributed by atoms with Crippen LogP contribution in [0.15, 0.2) is 48.5 Å². The molecule has 8 heteroatoms. The first-order chi connectivity index (χ1) is 14.4. The summed E-state index contributed by atoms with van der Waals surface area (Å²) in [6, 6.07) is 11.8. The largest absolute Gasteiger partial charge is 0.452 e. The van der Waals surface area contributed by atoms with E-state index < -0.39 is 18.5 Å². The van der Waals surface area contributed by atoms with Crippen LogP contribution in [0.3, 0.4) is 0 Å². The molecule has 0 aliphatic carbocycles. The van der Waals surface area contributed by atoms with Crippen LogP contribution >= 0.6 is 0 Å². The van der Waals surface area contributed by atoms with E-state index in [1.807, 2.05) is 0 Å². The standard InChI is InChI=1S/C22H21FN2O5/c1-2-24(13-15-4-3-5-17(23)12-15)21(28)14-30-22(29)16-6-8-18(9-7-16)25-19(26)10-11-20(25)27/h3-9,12H,2,10-11,13-14H2,1H3. The van der Waals surface area contributed by atoms with Crippen LogP contribution in [0.2, 0.25) is 0 Å². The molecule has 1 fully saturated rings. The molecule has 0 unspecified atom stereocenters. The van der Waals surface area contributed by atoms with Crippen molar-refractivity contribution in [3.63, 3.8) is 0 Å². The van der Waals surface area contributed by atoms with Crippen LogP contribution in [-0.4, -0.2) is 41.7 Å². The number of amides is 3. The van der Waals surface area contributed by atoms with E-state index >= 15 is 0 Å². The molecule has 3 amide bonds. The molecule has 156 valence electrons. The number of carbonyl (C=O) groups is 4. The number of carbonyl (C=O) groups excluding carboxylic acids is 4. The second kappa shape index (κ2) is 9.30. The van der Waals surface area contributed by atoms with E-state index in [2.05, 4.69) is 0 Å². The van der Waals surface area contributed by atoms with Crippen LogP contribution in [0.5, 0.6) is 0 Å². The molecule has 2 aromatic carbocycles. The highest BCUT2D eigenvalue weighted by Crippen LogP contribution is 2.23. The van der Waals surface area contributed by atoms with Crippen molar-refractivity contribution in [1.29, 1.82) is 0 Å². The molecule has 0 bridgehead atoms. The average molecular weight is 412 g/mol. The lowest BCUT2D eigenvalue weighted by Crippen LogP contribution is -2.34. The Hall–Kier alpha value is -3.55. The van der Waals surface area contributed by atoms with Crippen molar-refractivity contribution in [1.82, 2.24) is 4.90 Å². The highest BCUT2D eigenvalue weighted by molar-refractivity contribution is 6.19. The molecule has 0 aromatic heterocycles. The number of likely N-dealkylation sites (N-methyl/N-ethyl adjacent to an activating group) is 1. The van der Waals surface area contributed by atoms with E-state index in [0.717, 1.165) is 4.90 Å². The zero-order valence-corrected chi connectivity index (χ0v) is 16.5. The fourth-order valence-electron chi connectivity index (χ4n) is 3.15. The summed E-state index contributed by atoms with van der Waals surface area (Å²) >= 11 is 0. The molecule has 7 nitrogen and oxygen atoms in total. The average Bonchev–Trinajstić information content (AvgIpc) is 3.08. The Morgan fingerprint density at radius 2 is 1.73 bits per heavy atom. The summed E-state index contributed by atoms with van der Waals surface area (Å²) in [7, 11) is 0. The van der Waals surface area contributed by atoms with Gasteiger partial charge in [-0.1, -0.05) is 12.1 Å². The molecule has 1 aliphatic heterocycles. The number of anilines is 1. The van der Waals surface area contributed by atoms with Crippen LogP contribution in [0.4, 0.5) is 10.1 Å². The van der Waals surface area contributed by atoms with E-state index in [4.69, 9.17) is 4.74 Å². The van der Waals surface area contributed by atoms with Crippen molar-refractivity contribution < 1.29 is 28.3 Å². The normalized spacial score (nSPS) is 13.5. The van der Waals surface area contributed by atoms with Gasteiger partial charge in [0.2, 0.25) is 11.8 Å². The van der Waals surface area contributed by atoms with E-state index in [1.54, 1.807) is 19.1 Å². The van der Waals surface area contributed by atoms with Gasteiger partial charge in [0.25, 0.3) is 5.91 Å². The number of esters is 1. The fraction of sp³-hybridized carbons (Fsp3) is 0.273. The first-order valence-electron chi connectivity index (χ1n) is 9.54. The van der Waals surface area contributed by atoms with Crippen molar-refractivity contribution in [3.8, 4) is 0 Å². The van der Waals surface area contributed by atoms with E-state index in [9.17, 15) is 23.6 Å². The third-order valence-corrected chi connectivity index (χ3v) is 4.74. The molecule has 0 N–H and O–H groups in total. The van der Waals surface area contributed by atoms with Crippen LogP contribution < -0.4 is 4.90 Å². The summed E-state index contributed by atoms with van der Waals surface area (Å²) < 4.78 is 18.4. The maximum absolute atomic E-state index is 13.3. The quantitative estimate of drug-likeness (QED) is 0.516. The van der Waals surface area contributed by atoms with Gasteiger partial charge in [0.15, 0.2) is 6.61 Å². The zero-order valence-electron chi connectivity index (χ0n) is 16.5. The van der Waals surface area contributed by atoms with Gasteiger partial charge in [0.05, 0.1) is 11.3 Å². The summed E-state index contributed by atoms with van der Waals surface area (Å²) in [5.74, 6) is -2.04. The zero-order chi connectivity index (χ0) is 21.7. The van der Waals surface area contributed by atoms with Gasteiger partial charge in [-0.25, -0.2) is 9.18 Å². The van der Waals surface area contributed by atoms with Crippen LogP contribution in [0.25, 0.3) is 0 Å². The summed E-state index contributed by atoms with van der Waals surface area (Å²) in [5, 5.41) is 0. The lowest BCUT2D eigenvalue weighted by Gasteiger charge is -2.21. The summed E-state index contributed by atoms with van der Waals surface area (Å²) in [5.41, 5.74) is 1.22. The first kappa shape index (κ1) is 21.2. The predicted octanol–water partition coefficient (Wildman–Crippen LogP) is 2.68. The van der Waals surface area contributed by atoms with E-state index in [0.29, 0.717) is 17.8 Å². The van der Waals surface area contributed by atoms with Crippen molar-refractivity contribution in [2.45, 2.75) is 26.3 Å². The Morgan fingerprint density at radius 1 is 1.07 bits per heavy atom. The van der Waals surface area contributed by atoms with E-state index in [1.165, 1.54) is 41.3 Å². The first-order valence-corrected chi connectivity index (χ1v) is 9.54. The molecule has 1 saturated heterocycles. The molecule has 0 radical (unpaired) electrons. The molecule has 0 spiro atoms. The molecule has 0 saturated carbocycles. The second-order valence-corrected chi connectivity index (χ2v) is 6.78. The molecule has 3 rings (SSSR count). The molecule has 0 atom stereocenters. The minimum atomic E-state index is -0.698. The Labute approximate surface area is 173 Å². The third-order valence-electron chi connectivity index (χ3n) is 4.74. The summed E-state index contributed by atoms with van der Waals surface area (Å²) in [6.07, 6.45) is 0.350. The summed E-state index contributed by atoms with van der Waals surface area (Å²) in [4.78, 5) is 50.7. The molecule has 1 heterocycles. The number of benzene rings is 2. The number of rotatable bonds is 7. The maximum atomic E-state index is 13.3. The van der Waals surface area contributed by atoms with Gasteiger partial charge < -0.3 is 9.64 Å². The van der Waals surface area contributed by atoms with Crippen molar-refractivity contribution >= 4 is 29.4 Å². The lowest BCUT2D eigenvalue weighted by atomic mass is 10.2. The highest BCUT2D eigenvalue weighted by atomic mass is 19.1. The molecular formula is C22H21FN2O5. The fourth-order valence-corrected chi connectivity index (χ4v) is 3.15. The van der Waals surface area contributed by atoms with Gasteiger partial charge in [0, 0.05) is 25.9 Å². The number of imide groups is 1. The van der Waals surface area contributed by atoms with Crippen molar-refractivity contribution in [2.75, 3.05) is 18.1 Å². The minimum Gasteiger partial charge on any atom is -0.452 e. The van der Waals surface area contributed by atoms with Gasteiger partial charge in [0.1, 0.15) is 5.82 Å². The van der Waals surface area contributed by atoms with E-state index in [-0.39, 0.29) is 42.6 Å². The Morgan fingerprint density at radius 3 is 2.33 bits per heavy atom. The molecule has 2 aromatic rings. The Balaban J connectivity index is 1.57. The number of hydrogen-bond acceptors (Lipinski definition) is 5. The maximum Gasteiger partial charge on any atom is 0.338 e. The van der Waals surface area contributed by atoms with Crippen LogP contribution in [-0.2, 0) is 25.7 Å². The number of hydrogen-bond donors (Lipinski definition) is 0. The van der Waals surface area contributed by atoms with Gasteiger partial charge in [-0.05, 0) is 48.9 Å². The molecular weight excluding hydrogens is 391 g/mol. The van der Waals surface area contributed by atoms with Crippen molar-refractivity contribution in [3.05, 3.63) is 65.5 Å². The van der Waals surface area contributed by atoms with Gasteiger partial charge in [-0.15, -0.1) is 0 Å². The number of halogens is 1. The number of nitrogens with zero attached hydrogens (tertiary/aromatic N) is 2. The van der Waals surface area contributed by atoms with Crippen LogP contribution in [0.1, 0.15) is 35.7 Å². The molecule has 30 heavy (non-hydrogen) atoms. The smallest absolute Gasteiger partial charge is 0.338 e. The van der Waals surface area contributed by atoms with Gasteiger partial charge in [-0.2, -0.15) is 0 Å². The van der Waals surface area contributed by atoms with Gasteiger partial charge >= 0.3 is 5.97 Å². The van der Waals surface area contributed by atoms with Crippen molar-refractivity contribution in [2.24, 2.45) is 0 Å². The minimum absolute atomic E-state index is 0.175. The topological polar surface area (TPSA) is 84.0 Å². The van der Waals surface area contributed by atoms with Crippen LogP contribution in [0, 0.1) is 5.82 Å². The molecule has 1 aliphatic rings. The SMILES string of the molecule is CCN(Cc1cccc(F)c1)C(=O)COC(=O)c1ccc(N2C(=O)CCC2=O)cc1. The Kier molecular flexibility index (Phi) is 6.56. The highest BCUT2D eigenvalue weighted by Gasteiger charge is 2.30. The summed E-state index contributed by atoms with van der Waals surface area (Å²) in [6.45, 7) is 1.90. The second-order valence-electron chi connectivity index (χ2n) is 6.78. The predicted molar refractivity (Wildman–Crippen MR) is 106 cm³/mol. The van der Waals surface area contributed by atoms with Gasteiger partial charge in [-0.3, -0.25) is 19.3 Å². The third kappa shape index (κ3) is 4.89. The lowest BCUT2D eigenvalue weighted by molar-refractivity contribution is -0.135. The monoisotopic (exact) mass is 412 g/mol. The number of ether oxygens (including phenoxy) is 1. The Bertz CT molecular complexity index is 958.